The molecule has 1 aromatic heterocycles. The Bertz CT molecular complexity index is 910. The molecule has 0 aliphatic rings. The number of hydrogen-bond donors (Lipinski definition) is 2. The van der Waals surface area contributed by atoms with E-state index in [9.17, 15) is 4.79 Å². The van der Waals surface area contributed by atoms with Gasteiger partial charge in [0.15, 0.2) is 5.13 Å². The maximum Gasteiger partial charge on any atom is 0.408 e. The fourth-order valence-corrected chi connectivity index (χ4v) is 2.83. The summed E-state index contributed by atoms with van der Waals surface area (Å²) in [5, 5.41) is 3.14. The van der Waals surface area contributed by atoms with Crippen molar-refractivity contribution in [3.05, 3.63) is 59.7 Å². The van der Waals surface area contributed by atoms with Crippen molar-refractivity contribution in [3.63, 3.8) is 0 Å². The fourth-order valence-electron chi connectivity index (χ4n) is 2.06. The predicted molar refractivity (Wildman–Crippen MR) is 95.5 cm³/mol. The number of rotatable bonds is 3. The molecule has 0 radical (unpaired) electrons. The van der Waals surface area contributed by atoms with Crippen LogP contribution in [0.1, 0.15) is 11.1 Å². The van der Waals surface area contributed by atoms with Gasteiger partial charge in [-0.25, -0.2) is 9.78 Å². The van der Waals surface area contributed by atoms with Crippen LogP contribution in [-0.4, -0.2) is 17.6 Å². The quantitative estimate of drug-likeness (QED) is 0.720. The molecule has 0 bridgehead atoms. The number of carbonyl (C=O) groups is 1. The molecule has 0 spiro atoms. The molecule has 0 fully saturated rings. The van der Waals surface area contributed by atoms with Gasteiger partial charge >= 0.3 is 6.09 Å². The van der Waals surface area contributed by atoms with Crippen molar-refractivity contribution in [1.29, 1.82) is 0 Å². The lowest BCUT2D eigenvalue weighted by Crippen LogP contribution is -2.24. The van der Waals surface area contributed by atoms with Crippen LogP contribution in [0.5, 0.6) is 0 Å². The number of carbonyl (C=O) groups excluding carboxylic acids is 1. The maximum atomic E-state index is 11.6. The molecular weight excluding hydrogens is 322 g/mol. The highest BCUT2D eigenvalue weighted by Crippen LogP contribution is 2.24. The normalized spacial score (nSPS) is 10.0. The van der Waals surface area contributed by atoms with Gasteiger partial charge in [-0.05, 0) is 23.8 Å². The fraction of sp³-hybridized carbons (Fsp3) is 0.111. The molecule has 120 valence electrons. The first kappa shape index (κ1) is 15.8. The summed E-state index contributed by atoms with van der Waals surface area (Å²) in [6.07, 6.45) is -0.487. The average molecular weight is 337 g/mol. The summed E-state index contributed by atoms with van der Waals surface area (Å²) in [5.41, 5.74) is 8.34. The monoisotopic (exact) mass is 337 g/mol. The Morgan fingerprint density at radius 1 is 1.25 bits per heavy atom. The second-order valence-electron chi connectivity index (χ2n) is 4.95. The molecule has 6 heteroatoms. The average Bonchev–Trinajstić information content (AvgIpc) is 2.97. The molecule has 0 unspecified atom stereocenters. The standard InChI is InChI=1S/C18H15N3O2S/c19-17-21-15-9-8-13(11-16(15)24-17)7-4-10-20-18(22)23-12-14-5-2-1-3-6-14/h1-3,5-6,8-9,11H,10,12H2,(H2,19,21)(H,20,22). The molecular formula is C18H15N3O2S. The number of anilines is 1. The third-order valence-corrected chi connectivity index (χ3v) is 4.02. The lowest BCUT2D eigenvalue weighted by molar-refractivity contribution is 0.141. The van der Waals surface area contributed by atoms with Crippen LogP contribution in [0.2, 0.25) is 0 Å². The summed E-state index contributed by atoms with van der Waals surface area (Å²) in [6, 6.07) is 15.2. The molecule has 0 saturated heterocycles. The second-order valence-corrected chi connectivity index (χ2v) is 6.01. The highest BCUT2D eigenvalue weighted by molar-refractivity contribution is 7.22. The predicted octanol–water partition coefficient (Wildman–Crippen LogP) is 3.16. The van der Waals surface area contributed by atoms with Crippen LogP contribution >= 0.6 is 11.3 Å². The Morgan fingerprint density at radius 3 is 2.92 bits per heavy atom. The largest absolute Gasteiger partial charge is 0.445 e. The van der Waals surface area contributed by atoms with E-state index >= 15 is 0 Å². The minimum absolute atomic E-state index is 0.219. The summed E-state index contributed by atoms with van der Waals surface area (Å²) in [6.45, 7) is 0.458. The van der Waals surface area contributed by atoms with E-state index in [0.717, 1.165) is 21.3 Å². The van der Waals surface area contributed by atoms with Gasteiger partial charge in [-0.15, -0.1) is 0 Å². The molecule has 1 heterocycles. The van der Waals surface area contributed by atoms with Crippen LogP contribution in [0.3, 0.4) is 0 Å². The van der Waals surface area contributed by atoms with E-state index < -0.39 is 6.09 Å². The zero-order valence-corrected chi connectivity index (χ0v) is 13.6. The van der Waals surface area contributed by atoms with Gasteiger partial charge in [-0.1, -0.05) is 53.5 Å². The molecule has 0 aliphatic heterocycles. The Kier molecular flexibility index (Phi) is 4.94. The zero-order valence-electron chi connectivity index (χ0n) is 12.8. The number of nitrogens with one attached hydrogen (secondary N) is 1. The van der Waals surface area contributed by atoms with Gasteiger partial charge in [0.1, 0.15) is 6.61 Å². The van der Waals surface area contributed by atoms with E-state index in [4.69, 9.17) is 10.5 Å². The second kappa shape index (κ2) is 7.49. The minimum atomic E-state index is -0.487. The van der Waals surface area contributed by atoms with Crippen LogP contribution in [0.4, 0.5) is 9.93 Å². The van der Waals surface area contributed by atoms with E-state index in [2.05, 4.69) is 22.1 Å². The summed E-state index contributed by atoms with van der Waals surface area (Å²) in [7, 11) is 0. The molecule has 0 atom stereocenters. The van der Waals surface area contributed by atoms with E-state index in [1.807, 2.05) is 48.5 Å². The molecule has 2 aromatic carbocycles. The number of ether oxygens (including phenoxy) is 1. The van der Waals surface area contributed by atoms with Gasteiger partial charge in [-0.3, -0.25) is 0 Å². The number of alkyl carbamates (subject to hydrolysis) is 1. The van der Waals surface area contributed by atoms with E-state index in [1.54, 1.807) is 0 Å². The first-order valence-electron chi connectivity index (χ1n) is 7.30. The molecule has 1 amide bonds. The number of benzene rings is 2. The van der Waals surface area contributed by atoms with Gasteiger partial charge < -0.3 is 15.8 Å². The van der Waals surface area contributed by atoms with Gasteiger partial charge in [-0.2, -0.15) is 0 Å². The molecule has 3 aromatic rings. The van der Waals surface area contributed by atoms with E-state index in [1.165, 1.54) is 11.3 Å². The SMILES string of the molecule is Nc1nc2ccc(C#CCNC(=O)OCc3ccccc3)cc2s1. The summed E-state index contributed by atoms with van der Waals surface area (Å²) < 4.78 is 6.10. The van der Waals surface area contributed by atoms with Crippen molar-refractivity contribution in [2.45, 2.75) is 6.61 Å². The number of hydrogen-bond acceptors (Lipinski definition) is 5. The Morgan fingerprint density at radius 2 is 2.08 bits per heavy atom. The molecule has 24 heavy (non-hydrogen) atoms. The van der Waals surface area contributed by atoms with Gasteiger partial charge in [0.25, 0.3) is 0 Å². The Labute approximate surface area is 143 Å². The van der Waals surface area contributed by atoms with Crippen LogP contribution in [-0.2, 0) is 11.3 Å². The summed E-state index contributed by atoms with van der Waals surface area (Å²) in [5.74, 6) is 5.89. The van der Waals surface area contributed by atoms with E-state index in [0.29, 0.717) is 5.13 Å². The summed E-state index contributed by atoms with van der Waals surface area (Å²) in [4.78, 5) is 15.8. The molecule has 3 N–H and O–H groups in total. The highest BCUT2D eigenvalue weighted by Gasteiger charge is 2.01. The maximum absolute atomic E-state index is 11.6. The third kappa shape index (κ3) is 4.24. The number of amides is 1. The number of nitrogen functional groups attached to an aromatic ring is 1. The number of nitrogens with two attached hydrogens (primary N) is 1. The first-order valence-corrected chi connectivity index (χ1v) is 8.12. The third-order valence-electron chi connectivity index (χ3n) is 3.17. The molecule has 3 rings (SSSR count). The van der Waals surface area contributed by atoms with Gasteiger partial charge in [0.2, 0.25) is 0 Å². The number of thiazole rings is 1. The molecule has 5 nitrogen and oxygen atoms in total. The van der Waals surface area contributed by atoms with Crippen molar-refractivity contribution >= 4 is 32.8 Å². The van der Waals surface area contributed by atoms with Crippen molar-refractivity contribution in [3.8, 4) is 11.8 Å². The number of aromatic nitrogens is 1. The Balaban J connectivity index is 1.48. The van der Waals surface area contributed by atoms with Crippen LogP contribution in [0.15, 0.2) is 48.5 Å². The first-order chi connectivity index (χ1) is 11.7. The molecule has 0 aliphatic carbocycles. The molecule has 0 saturated carbocycles. The van der Waals surface area contributed by atoms with Crippen molar-refractivity contribution in [1.82, 2.24) is 10.3 Å². The lowest BCUT2D eigenvalue weighted by Gasteiger charge is -2.04. The van der Waals surface area contributed by atoms with Crippen molar-refractivity contribution in [2.24, 2.45) is 0 Å². The smallest absolute Gasteiger partial charge is 0.408 e. The zero-order chi connectivity index (χ0) is 16.8. The van der Waals surface area contributed by atoms with Crippen LogP contribution in [0.25, 0.3) is 10.2 Å². The van der Waals surface area contributed by atoms with Gasteiger partial charge in [0.05, 0.1) is 16.8 Å². The summed E-state index contributed by atoms with van der Waals surface area (Å²) >= 11 is 1.42. The number of nitrogens with zero attached hydrogens (tertiary/aromatic N) is 1. The lowest BCUT2D eigenvalue weighted by atomic mass is 10.2. The van der Waals surface area contributed by atoms with E-state index in [-0.39, 0.29) is 13.2 Å². The topological polar surface area (TPSA) is 77.2 Å². The van der Waals surface area contributed by atoms with Crippen molar-refractivity contribution < 1.29 is 9.53 Å². The Hall–Kier alpha value is -3.04. The van der Waals surface area contributed by atoms with Crippen molar-refractivity contribution in [2.75, 3.05) is 12.3 Å². The highest BCUT2D eigenvalue weighted by atomic mass is 32.1. The minimum Gasteiger partial charge on any atom is -0.445 e. The number of fused-ring (bicyclic) bond motifs is 1. The van der Waals surface area contributed by atoms with Gasteiger partial charge in [0, 0.05) is 5.56 Å². The van der Waals surface area contributed by atoms with Crippen LogP contribution < -0.4 is 11.1 Å². The van der Waals surface area contributed by atoms with Crippen LogP contribution in [0, 0.1) is 11.8 Å².